The van der Waals surface area contributed by atoms with E-state index in [4.69, 9.17) is 5.26 Å². The van der Waals surface area contributed by atoms with Crippen molar-refractivity contribution in [3.05, 3.63) is 59.7 Å². The minimum atomic E-state index is -1.79. The molecule has 3 aromatic rings. The first-order valence-corrected chi connectivity index (χ1v) is 7.96. The third-order valence-electron chi connectivity index (χ3n) is 4.16. The zero-order valence-corrected chi connectivity index (χ0v) is 14.3. The van der Waals surface area contributed by atoms with Gasteiger partial charge in [0, 0.05) is 5.69 Å². The molecule has 1 amide bonds. The van der Waals surface area contributed by atoms with Crippen molar-refractivity contribution in [3.63, 3.8) is 0 Å². The number of amides is 1. The van der Waals surface area contributed by atoms with E-state index >= 15 is 0 Å². The molecule has 0 fully saturated rings. The Labute approximate surface area is 149 Å². The van der Waals surface area contributed by atoms with Gasteiger partial charge in [-0.3, -0.25) is 4.79 Å². The molecule has 1 atom stereocenters. The van der Waals surface area contributed by atoms with Crippen LogP contribution in [0.1, 0.15) is 18.1 Å². The van der Waals surface area contributed by atoms with Crippen LogP contribution in [0.5, 0.6) is 0 Å². The molecule has 0 aliphatic rings. The van der Waals surface area contributed by atoms with E-state index in [-0.39, 0.29) is 12.1 Å². The normalized spacial score (nSPS) is 13.2. The second-order valence-electron chi connectivity index (χ2n) is 6.35. The second kappa shape index (κ2) is 6.58. The minimum Gasteiger partial charge on any atom is -0.378 e. The number of para-hydroxylation sites is 1. The minimum absolute atomic E-state index is 0.161. The number of halogens is 1. The number of aryl methyl sites for hydroxylation is 1. The highest BCUT2D eigenvalue weighted by Gasteiger charge is 2.32. The number of benzene rings is 2. The Kier molecular flexibility index (Phi) is 4.45. The third-order valence-corrected chi connectivity index (χ3v) is 4.16. The smallest absolute Gasteiger partial charge is 0.257 e. The van der Waals surface area contributed by atoms with Gasteiger partial charge in [0.05, 0.1) is 30.0 Å². The van der Waals surface area contributed by atoms with E-state index < -0.39 is 17.3 Å². The number of carbonyl (C=O) groups is 1. The van der Waals surface area contributed by atoms with Crippen LogP contribution in [-0.4, -0.2) is 26.2 Å². The maximum Gasteiger partial charge on any atom is 0.257 e. The topological polar surface area (TPSA) is 90.9 Å². The van der Waals surface area contributed by atoms with Crippen LogP contribution in [0.3, 0.4) is 0 Å². The van der Waals surface area contributed by atoms with E-state index in [1.165, 1.54) is 23.9 Å². The van der Waals surface area contributed by atoms with Gasteiger partial charge in [0.15, 0.2) is 5.60 Å². The Balaban J connectivity index is 1.82. The molecule has 7 heteroatoms. The van der Waals surface area contributed by atoms with Crippen LogP contribution in [0, 0.1) is 24.1 Å². The molecule has 0 aliphatic heterocycles. The monoisotopic (exact) mass is 352 g/mol. The van der Waals surface area contributed by atoms with E-state index in [1.54, 1.807) is 37.3 Å². The lowest BCUT2D eigenvalue weighted by Crippen LogP contribution is -2.43. The zero-order valence-electron chi connectivity index (χ0n) is 14.3. The molecule has 26 heavy (non-hydrogen) atoms. The van der Waals surface area contributed by atoms with Crippen LogP contribution in [0.25, 0.3) is 11.0 Å². The predicted molar refractivity (Wildman–Crippen MR) is 94.8 cm³/mol. The average Bonchev–Trinajstić information content (AvgIpc) is 2.98. The highest BCUT2D eigenvalue weighted by Crippen LogP contribution is 2.21. The molecule has 0 radical (unpaired) electrons. The molecule has 0 spiro atoms. The summed E-state index contributed by atoms with van der Waals surface area (Å²) < 4.78 is 15.5. The Morgan fingerprint density at radius 2 is 2.19 bits per heavy atom. The van der Waals surface area contributed by atoms with Crippen molar-refractivity contribution in [1.29, 1.82) is 5.26 Å². The Morgan fingerprint density at radius 1 is 1.42 bits per heavy atom. The molecule has 0 bridgehead atoms. The first kappa shape index (κ1) is 17.6. The number of aliphatic hydroxyl groups is 1. The quantitative estimate of drug-likeness (QED) is 0.755. The molecule has 132 valence electrons. The number of anilines is 1. The van der Waals surface area contributed by atoms with Crippen molar-refractivity contribution in [2.45, 2.75) is 26.0 Å². The van der Waals surface area contributed by atoms with Crippen LogP contribution >= 0.6 is 0 Å². The van der Waals surface area contributed by atoms with Crippen molar-refractivity contribution >= 4 is 22.6 Å². The second-order valence-corrected chi connectivity index (χ2v) is 6.35. The summed E-state index contributed by atoms with van der Waals surface area (Å²) in [5.74, 6) is -1.11. The number of hydrogen-bond acceptors (Lipinski definition) is 4. The molecule has 1 aromatic heterocycles. The van der Waals surface area contributed by atoms with Crippen molar-refractivity contribution in [1.82, 2.24) is 9.55 Å². The maximum absolute atomic E-state index is 14.0. The molecule has 0 unspecified atom stereocenters. The summed E-state index contributed by atoms with van der Waals surface area (Å²) in [6, 6.07) is 11.4. The number of nitrogens with zero attached hydrogens (tertiary/aromatic N) is 3. The molecular weight excluding hydrogens is 335 g/mol. The molecule has 0 aliphatic carbocycles. The number of rotatable bonds is 4. The van der Waals surface area contributed by atoms with Gasteiger partial charge in [-0.15, -0.1) is 0 Å². The molecule has 3 rings (SSSR count). The lowest BCUT2D eigenvalue weighted by atomic mass is 10.0. The van der Waals surface area contributed by atoms with Gasteiger partial charge in [-0.25, -0.2) is 9.37 Å². The van der Waals surface area contributed by atoms with Crippen LogP contribution in [0.2, 0.25) is 0 Å². The van der Waals surface area contributed by atoms with Crippen LogP contribution in [0.4, 0.5) is 10.1 Å². The third kappa shape index (κ3) is 3.27. The summed E-state index contributed by atoms with van der Waals surface area (Å²) >= 11 is 0. The lowest BCUT2D eigenvalue weighted by Gasteiger charge is -2.23. The van der Waals surface area contributed by atoms with Gasteiger partial charge in [0.25, 0.3) is 5.91 Å². The number of fused-ring (bicyclic) bond motifs is 1. The number of carbonyl (C=O) groups excluding carboxylic acids is 1. The molecule has 6 nitrogen and oxygen atoms in total. The van der Waals surface area contributed by atoms with Gasteiger partial charge in [0.1, 0.15) is 11.3 Å². The number of imidazole rings is 1. The molecule has 2 aromatic carbocycles. The molecule has 1 heterocycles. The van der Waals surface area contributed by atoms with Gasteiger partial charge < -0.3 is 15.0 Å². The number of aromatic nitrogens is 2. The zero-order chi connectivity index (χ0) is 18.9. The summed E-state index contributed by atoms with van der Waals surface area (Å²) in [5.41, 5.74) is 0.576. The predicted octanol–water partition coefficient (Wildman–Crippen LogP) is 2.75. The highest BCUT2D eigenvalue weighted by molar-refractivity contribution is 5.97. The van der Waals surface area contributed by atoms with E-state index in [0.29, 0.717) is 22.3 Å². The van der Waals surface area contributed by atoms with Gasteiger partial charge in [-0.05, 0) is 49.7 Å². The molecule has 0 saturated heterocycles. The molecular formula is C19H17FN4O2. The van der Waals surface area contributed by atoms with Gasteiger partial charge in [-0.1, -0.05) is 6.07 Å². The standard InChI is InChI=1S/C19H17FN4O2/c1-12-8-14(7-6-13(12)9-21)23-18(25)19(2,26)10-24-11-22-16-5-3-4-15(20)17(16)24/h3-8,11,26H,10H2,1-2H3,(H,23,25)/t19-/m0/s1. The van der Waals surface area contributed by atoms with Gasteiger partial charge in [0.2, 0.25) is 0 Å². The van der Waals surface area contributed by atoms with Gasteiger partial charge >= 0.3 is 0 Å². The largest absolute Gasteiger partial charge is 0.378 e. The summed E-state index contributed by atoms with van der Waals surface area (Å²) in [6.45, 7) is 2.95. The summed E-state index contributed by atoms with van der Waals surface area (Å²) in [6.07, 6.45) is 1.39. The fraction of sp³-hybridized carbons (Fsp3) is 0.211. The van der Waals surface area contributed by atoms with Crippen molar-refractivity contribution < 1.29 is 14.3 Å². The Morgan fingerprint density at radius 3 is 2.88 bits per heavy atom. The fourth-order valence-electron chi connectivity index (χ4n) is 2.74. The SMILES string of the molecule is Cc1cc(NC(=O)[C@@](C)(O)Cn2cnc3cccc(F)c32)ccc1C#N. The first-order valence-electron chi connectivity index (χ1n) is 7.96. The highest BCUT2D eigenvalue weighted by atomic mass is 19.1. The molecule has 0 saturated carbocycles. The lowest BCUT2D eigenvalue weighted by molar-refractivity contribution is -0.133. The summed E-state index contributed by atoms with van der Waals surface area (Å²) in [5, 5.41) is 22.2. The fourth-order valence-corrected chi connectivity index (χ4v) is 2.74. The van der Waals surface area contributed by atoms with Crippen molar-refractivity contribution in [2.24, 2.45) is 0 Å². The van der Waals surface area contributed by atoms with E-state index in [9.17, 15) is 14.3 Å². The van der Waals surface area contributed by atoms with E-state index in [2.05, 4.69) is 16.4 Å². The number of nitrogens with one attached hydrogen (secondary N) is 1. The maximum atomic E-state index is 14.0. The summed E-state index contributed by atoms with van der Waals surface area (Å²) in [7, 11) is 0. The van der Waals surface area contributed by atoms with Crippen molar-refractivity contribution in [2.75, 3.05) is 5.32 Å². The Hall–Kier alpha value is -3.24. The van der Waals surface area contributed by atoms with Crippen LogP contribution in [-0.2, 0) is 11.3 Å². The number of nitriles is 1. The van der Waals surface area contributed by atoms with Crippen LogP contribution in [0.15, 0.2) is 42.7 Å². The van der Waals surface area contributed by atoms with Crippen LogP contribution < -0.4 is 5.32 Å². The van der Waals surface area contributed by atoms with Gasteiger partial charge in [-0.2, -0.15) is 5.26 Å². The van der Waals surface area contributed by atoms with E-state index in [1.807, 2.05) is 0 Å². The number of hydrogen-bond donors (Lipinski definition) is 2. The first-order chi connectivity index (χ1) is 12.3. The Bertz CT molecular complexity index is 1030. The van der Waals surface area contributed by atoms with E-state index in [0.717, 1.165) is 0 Å². The molecule has 2 N–H and O–H groups in total. The average molecular weight is 352 g/mol. The van der Waals surface area contributed by atoms with Crippen molar-refractivity contribution in [3.8, 4) is 6.07 Å². The summed E-state index contributed by atoms with van der Waals surface area (Å²) in [4.78, 5) is 16.6.